The van der Waals surface area contributed by atoms with E-state index < -0.39 is 98.5 Å². The fourth-order valence-electron chi connectivity index (χ4n) is 2.79. The Balaban J connectivity index is 5.32. The van der Waals surface area contributed by atoms with Gasteiger partial charge >= 0.3 is 61.4 Å². The van der Waals surface area contributed by atoms with E-state index >= 15 is 0 Å². The van der Waals surface area contributed by atoms with Crippen LogP contribution >= 0.6 is 19.6 Å². The number of rotatable bonds is 20. The quantitative estimate of drug-likeness (QED) is 0.0463. The summed E-state index contributed by atoms with van der Waals surface area (Å²) in [5.74, 6) is -61.4. The fraction of sp³-hybridized carbons (Fsp3) is 0.952. The molecule has 0 amide bonds. The van der Waals surface area contributed by atoms with Crippen molar-refractivity contribution in [3.8, 4) is 0 Å². The minimum atomic E-state index is -8.69. The molecule has 0 radical (unpaired) electrons. The topological polar surface area (TPSA) is 82.1 Å². The summed E-state index contributed by atoms with van der Waals surface area (Å²) in [6, 6.07) is 0. The number of phosphoric acid groups is 1. The van der Waals surface area contributed by atoms with E-state index in [4.69, 9.17) is 0 Å². The van der Waals surface area contributed by atoms with Gasteiger partial charge in [-0.3, -0.25) is 13.8 Å². The summed E-state index contributed by atoms with van der Waals surface area (Å²) >= 11 is 0.0450. The molecule has 26 heteroatoms. The number of halogens is 17. The first-order valence-corrected chi connectivity index (χ1v) is 15.0. The number of esters is 1. The Morgan fingerprint density at radius 3 is 1.53 bits per heavy atom. The van der Waals surface area contributed by atoms with E-state index in [0.717, 1.165) is 6.92 Å². The smallest absolute Gasteiger partial charge is 0.463 e. The van der Waals surface area contributed by atoms with E-state index in [1.54, 1.807) is 21.1 Å². The number of carbonyl (C=O) groups excluding carboxylic acids is 1. The van der Waals surface area contributed by atoms with E-state index in [1.165, 1.54) is 0 Å². The highest BCUT2D eigenvalue weighted by atomic mass is 32.2. The van der Waals surface area contributed by atoms with Crippen LogP contribution in [0.3, 0.4) is 0 Å². The van der Waals surface area contributed by atoms with Crippen LogP contribution < -0.4 is 0 Å². The van der Waals surface area contributed by atoms with Gasteiger partial charge in [0.05, 0.1) is 33.7 Å². The van der Waals surface area contributed by atoms with Crippen molar-refractivity contribution in [3.05, 3.63) is 0 Å². The molecule has 2 atom stereocenters. The maximum atomic E-state index is 14.0. The van der Waals surface area contributed by atoms with Crippen LogP contribution in [0.15, 0.2) is 0 Å². The average molecular weight is 776 g/mol. The van der Waals surface area contributed by atoms with Gasteiger partial charge in [-0.1, -0.05) is 6.92 Å². The molecule has 0 aliphatic carbocycles. The summed E-state index contributed by atoms with van der Waals surface area (Å²) in [4.78, 5) is 21.4. The first-order valence-electron chi connectivity index (χ1n) is 12.3. The number of quaternary nitrogens is 1. The molecule has 0 aromatic rings. The summed E-state index contributed by atoms with van der Waals surface area (Å²) < 4.78 is 252. The third-order valence-corrected chi connectivity index (χ3v) is 7.96. The number of carbonyl (C=O) groups is 1. The third-order valence-electron chi connectivity index (χ3n) is 5.72. The van der Waals surface area contributed by atoms with Gasteiger partial charge in [-0.05, 0) is 5.75 Å². The van der Waals surface area contributed by atoms with Crippen molar-refractivity contribution in [2.45, 2.75) is 61.0 Å². The lowest BCUT2D eigenvalue weighted by Crippen LogP contribution is -2.74. The summed E-state index contributed by atoms with van der Waals surface area (Å²) in [6.45, 7) is -0.300. The largest absolute Gasteiger partial charge is 0.472 e. The second kappa shape index (κ2) is 14.9. The summed E-state index contributed by atoms with van der Waals surface area (Å²) in [6.07, 6.45) is -10.5. The SMILES string of the molecule is CC(CSCCC(F)(F)C(F)(F)C(F)(F)C(F)(F)C(F)(F)C(F)(F)C(F)(F)C(F)(F)F)C(=O)OCCOP(=O)(O)OCC[N+](C)(C)C. The van der Waals surface area contributed by atoms with Crippen molar-refractivity contribution in [2.24, 2.45) is 5.92 Å². The number of alkyl halides is 17. The predicted molar refractivity (Wildman–Crippen MR) is 127 cm³/mol. The highest BCUT2D eigenvalue weighted by molar-refractivity contribution is 7.99. The Morgan fingerprint density at radius 2 is 1.11 bits per heavy atom. The minimum absolute atomic E-state index is 0.0450. The van der Waals surface area contributed by atoms with Gasteiger partial charge in [0.25, 0.3) is 0 Å². The van der Waals surface area contributed by atoms with E-state index in [1.807, 2.05) is 0 Å². The Bertz CT molecular complexity index is 1100. The maximum absolute atomic E-state index is 14.0. The number of ether oxygens (including phenoxy) is 1. The van der Waals surface area contributed by atoms with Gasteiger partial charge < -0.3 is 14.1 Å². The second-order valence-corrected chi connectivity index (χ2v) is 13.3. The van der Waals surface area contributed by atoms with E-state index in [2.05, 4.69) is 13.8 Å². The molecule has 0 aromatic carbocycles. The molecule has 0 aromatic heterocycles. The number of likely N-dealkylation sites (N-methyl/N-ethyl adjacent to an activating group) is 1. The van der Waals surface area contributed by atoms with Gasteiger partial charge in [-0.2, -0.15) is 86.4 Å². The van der Waals surface area contributed by atoms with Gasteiger partial charge in [-0.15, -0.1) is 0 Å². The molecule has 0 fully saturated rings. The van der Waals surface area contributed by atoms with Gasteiger partial charge in [0.15, 0.2) is 0 Å². The highest BCUT2D eigenvalue weighted by Crippen LogP contribution is 2.64. The lowest BCUT2D eigenvalue weighted by atomic mass is 9.88. The van der Waals surface area contributed by atoms with Crippen molar-refractivity contribution >= 4 is 25.6 Å². The van der Waals surface area contributed by atoms with Gasteiger partial charge in [0.1, 0.15) is 19.8 Å². The highest BCUT2D eigenvalue weighted by Gasteiger charge is 2.95. The normalized spacial score (nSPS) is 17.0. The molecule has 282 valence electrons. The summed E-state index contributed by atoms with van der Waals surface area (Å²) in [5.41, 5.74) is 0. The van der Waals surface area contributed by atoms with Crippen molar-refractivity contribution in [1.29, 1.82) is 0 Å². The molecule has 0 heterocycles. The summed E-state index contributed by atoms with van der Waals surface area (Å²) in [5, 5.41) is 0. The first-order chi connectivity index (χ1) is 20.5. The molecule has 47 heavy (non-hydrogen) atoms. The van der Waals surface area contributed by atoms with Crippen LogP contribution in [0.2, 0.25) is 0 Å². The third kappa shape index (κ3) is 10.1. The molecule has 0 aliphatic rings. The first kappa shape index (κ1) is 45.7. The molecule has 0 spiro atoms. The van der Waals surface area contributed by atoms with Crippen LogP contribution in [0.1, 0.15) is 13.3 Å². The lowest BCUT2D eigenvalue weighted by molar-refractivity contribution is -0.870. The van der Waals surface area contributed by atoms with Crippen molar-refractivity contribution < 1.29 is 107 Å². The number of hydrogen-bond acceptors (Lipinski definition) is 6. The number of nitrogens with zero attached hydrogens (tertiary/aromatic N) is 1. The Morgan fingerprint density at radius 1 is 0.702 bits per heavy atom. The predicted octanol–water partition coefficient (Wildman–Crippen LogP) is 7.14. The van der Waals surface area contributed by atoms with Crippen LogP contribution in [0.4, 0.5) is 74.6 Å². The van der Waals surface area contributed by atoms with Crippen molar-refractivity contribution in [2.75, 3.05) is 59.0 Å². The van der Waals surface area contributed by atoms with E-state index in [9.17, 15) is 88.9 Å². The molecule has 2 unspecified atom stereocenters. The maximum Gasteiger partial charge on any atom is 0.472 e. The Hall–Kier alpha value is -1.30. The monoisotopic (exact) mass is 776 g/mol. The molecule has 0 saturated carbocycles. The molecular weight excluding hydrogens is 748 g/mol. The number of phosphoric ester groups is 1. The van der Waals surface area contributed by atoms with Crippen LogP contribution in [0.5, 0.6) is 0 Å². The average Bonchev–Trinajstić information content (AvgIpc) is 2.86. The van der Waals surface area contributed by atoms with Crippen LogP contribution in [-0.4, -0.2) is 122 Å². The van der Waals surface area contributed by atoms with Crippen LogP contribution in [0, 0.1) is 5.92 Å². The van der Waals surface area contributed by atoms with Crippen molar-refractivity contribution in [3.63, 3.8) is 0 Å². The van der Waals surface area contributed by atoms with E-state index in [-0.39, 0.29) is 24.9 Å². The van der Waals surface area contributed by atoms with Crippen molar-refractivity contribution in [1.82, 2.24) is 0 Å². The molecule has 0 saturated heterocycles. The van der Waals surface area contributed by atoms with Gasteiger partial charge in [-0.25, -0.2) is 4.57 Å². The minimum Gasteiger partial charge on any atom is -0.463 e. The Labute approximate surface area is 259 Å². The summed E-state index contributed by atoms with van der Waals surface area (Å²) in [7, 11) is 0.658. The fourth-order valence-corrected chi connectivity index (χ4v) is 4.54. The zero-order valence-corrected chi connectivity index (χ0v) is 26.0. The second-order valence-electron chi connectivity index (χ2n) is 10.7. The van der Waals surface area contributed by atoms with Crippen LogP contribution in [0.25, 0.3) is 0 Å². The molecule has 0 aliphatic heterocycles. The lowest BCUT2D eigenvalue weighted by Gasteiger charge is -2.42. The standard InChI is InChI=1S/C21H27F17NO6PS/c1-12(13(40)43-8-9-45-46(41,42)44-7-6-39(2,3)4)11-47-10-5-14(22,23)15(24,25)16(26,27)17(28,29)18(30,31)19(32,33)20(34,35)21(36,37)38/h12H,5-11H2,1-4H3/p+1. The molecule has 7 nitrogen and oxygen atoms in total. The number of thioether (sulfide) groups is 1. The zero-order valence-electron chi connectivity index (χ0n) is 24.2. The Kier molecular flexibility index (Phi) is 14.5. The van der Waals surface area contributed by atoms with Gasteiger partial charge in [0.2, 0.25) is 0 Å². The van der Waals surface area contributed by atoms with Crippen LogP contribution in [-0.2, 0) is 23.1 Å². The molecule has 0 rings (SSSR count). The molecule has 0 bridgehead atoms. The molecule has 1 N–H and O–H groups in total. The van der Waals surface area contributed by atoms with Gasteiger partial charge in [0, 0.05) is 12.2 Å². The van der Waals surface area contributed by atoms with E-state index in [0.29, 0.717) is 4.48 Å². The molecular formula is C21H28F17NO6PS+. The zero-order chi connectivity index (χ0) is 37.9. The number of hydrogen-bond donors (Lipinski definition) is 1.